The van der Waals surface area contributed by atoms with E-state index in [-0.39, 0.29) is 18.2 Å². The number of carboxylic acid groups (broad SMARTS) is 1. The first-order chi connectivity index (χ1) is 16.7. The fourth-order valence-corrected chi connectivity index (χ4v) is 4.65. The molecule has 3 amide bonds. The van der Waals surface area contributed by atoms with Gasteiger partial charge in [0.25, 0.3) is 0 Å². The normalized spacial score (nSPS) is 18.9. The monoisotopic (exact) mass is 506 g/mol. The largest absolute Gasteiger partial charge is 0.480 e. The molecule has 1 aromatic rings. The van der Waals surface area contributed by atoms with Gasteiger partial charge in [-0.15, -0.1) is 0 Å². The Kier molecular flexibility index (Phi) is 11.5. The number of carboxylic acids is 1. The van der Waals surface area contributed by atoms with Crippen LogP contribution >= 0.6 is 11.8 Å². The van der Waals surface area contributed by atoms with Crippen LogP contribution in [0.1, 0.15) is 45.1 Å². The standard InChI is InChI=1S/C25H38N4O5S/c1-4-16(2)21(23(31)27-19(25(33)34)12-14-35-3)28-22(30)20-11-8-13-29(20)24(32)18(26)15-17-9-6-5-7-10-17/h5-7,9-10,16,18-21H,4,8,11-15,26H2,1-3H3,(H,27,31)(H,28,30)(H,33,34). The van der Waals surface area contributed by atoms with Gasteiger partial charge >= 0.3 is 5.97 Å². The number of hydrogen-bond donors (Lipinski definition) is 4. The third kappa shape index (κ3) is 8.24. The van der Waals surface area contributed by atoms with Gasteiger partial charge in [-0.2, -0.15) is 11.8 Å². The number of rotatable bonds is 13. The zero-order valence-electron chi connectivity index (χ0n) is 20.7. The summed E-state index contributed by atoms with van der Waals surface area (Å²) in [6, 6.07) is 6.05. The number of benzene rings is 1. The molecule has 1 aromatic carbocycles. The molecular formula is C25H38N4O5S. The number of nitrogens with two attached hydrogens (primary N) is 1. The fourth-order valence-electron chi connectivity index (χ4n) is 4.18. The lowest BCUT2D eigenvalue weighted by molar-refractivity contribution is -0.143. The lowest BCUT2D eigenvalue weighted by Gasteiger charge is -2.30. The number of carbonyl (C=O) groups excluding carboxylic acids is 3. The van der Waals surface area contributed by atoms with Gasteiger partial charge in [-0.05, 0) is 49.2 Å². The SMILES string of the molecule is CCC(C)C(NC(=O)C1CCCN1C(=O)C(N)Cc1ccccc1)C(=O)NC(CCSC)C(=O)O. The van der Waals surface area contributed by atoms with Crippen molar-refractivity contribution < 1.29 is 24.3 Å². The van der Waals surface area contributed by atoms with E-state index in [1.165, 1.54) is 16.7 Å². The lowest BCUT2D eigenvalue weighted by Crippen LogP contribution is -2.58. The van der Waals surface area contributed by atoms with Crippen LogP contribution in [0.15, 0.2) is 30.3 Å². The van der Waals surface area contributed by atoms with Crippen molar-refractivity contribution in [1.82, 2.24) is 15.5 Å². The molecule has 5 atom stereocenters. The maximum Gasteiger partial charge on any atom is 0.326 e. The van der Waals surface area contributed by atoms with E-state index in [9.17, 15) is 24.3 Å². The van der Waals surface area contributed by atoms with Crippen LogP contribution in [-0.4, -0.2) is 76.4 Å². The molecule has 0 aliphatic carbocycles. The van der Waals surface area contributed by atoms with Gasteiger partial charge < -0.3 is 26.4 Å². The minimum absolute atomic E-state index is 0.222. The molecule has 1 aliphatic rings. The molecule has 0 spiro atoms. The van der Waals surface area contributed by atoms with E-state index in [1.54, 1.807) is 0 Å². The zero-order chi connectivity index (χ0) is 26.0. The van der Waals surface area contributed by atoms with Gasteiger partial charge in [-0.3, -0.25) is 14.4 Å². The number of aliphatic carboxylic acids is 1. The quantitative estimate of drug-likeness (QED) is 0.317. The van der Waals surface area contributed by atoms with E-state index in [0.29, 0.717) is 38.0 Å². The van der Waals surface area contributed by atoms with Crippen LogP contribution in [0.5, 0.6) is 0 Å². The van der Waals surface area contributed by atoms with Gasteiger partial charge in [0.2, 0.25) is 17.7 Å². The van der Waals surface area contributed by atoms with Crippen molar-refractivity contribution in [2.45, 2.75) is 70.1 Å². The molecular weight excluding hydrogens is 468 g/mol. The van der Waals surface area contributed by atoms with E-state index in [1.807, 2.05) is 50.4 Å². The molecule has 1 heterocycles. The number of hydrogen-bond acceptors (Lipinski definition) is 6. The summed E-state index contributed by atoms with van der Waals surface area (Å²) >= 11 is 1.49. The second-order valence-corrected chi connectivity index (χ2v) is 10.0. The number of amides is 3. The summed E-state index contributed by atoms with van der Waals surface area (Å²) in [5.74, 6) is -1.99. The first-order valence-electron chi connectivity index (χ1n) is 12.1. The molecule has 194 valence electrons. The molecule has 0 saturated carbocycles. The fraction of sp³-hybridized carbons (Fsp3) is 0.600. The smallest absolute Gasteiger partial charge is 0.326 e. The highest BCUT2D eigenvalue weighted by Gasteiger charge is 2.38. The van der Waals surface area contributed by atoms with Crippen molar-refractivity contribution in [3.63, 3.8) is 0 Å². The van der Waals surface area contributed by atoms with Crippen LogP contribution in [0.2, 0.25) is 0 Å². The van der Waals surface area contributed by atoms with Crippen molar-refractivity contribution >= 4 is 35.5 Å². The van der Waals surface area contributed by atoms with E-state index < -0.39 is 42.0 Å². The maximum absolute atomic E-state index is 13.2. The first kappa shape index (κ1) is 28.6. The summed E-state index contributed by atoms with van der Waals surface area (Å²) in [7, 11) is 0. The van der Waals surface area contributed by atoms with Crippen molar-refractivity contribution in [1.29, 1.82) is 0 Å². The van der Waals surface area contributed by atoms with Gasteiger partial charge in [-0.1, -0.05) is 50.6 Å². The van der Waals surface area contributed by atoms with Crippen molar-refractivity contribution in [2.75, 3.05) is 18.6 Å². The molecule has 1 aliphatic heterocycles. The molecule has 0 bridgehead atoms. The van der Waals surface area contributed by atoms with Gasteiger partial charge in [0.1, 0.15) is 18.1 Å². The average molecular weight is 507 g/mol. The van der Waals surface area contributed by atoms with Gasteiger partial charge in [0, 0.05) is 6.54 Å². The number of nitrogens with zero attached hydrogens (tertiary/aromatic N) is 1. The Morgan fingerprint density at radius 2 is 1.89 bits per heavy atom. The average Bonchev–Trinajstić information content (AvgIpc) is 3.34. The van der Waals surface area contributed by atoms with Gasteiger partial charge in [-0.25, -0.2) is 4.79 Å². The highest BCUT2D eigenvalue weighted by Crippen LogP contribution is 2.20. The number of thioether (sulfide) groups is 1. The Balaban J connectivity index is 2.08. The summed E-state index contributed by atoms with van der Waals surface area (Å²) in [4.78, 5) is 52.4. The first-order valence-corrected chi connectivity index (χ1v) is 13.5. The zero-order valence-corrected chi connectivity index (χ0v) is 21.6. The molecule has 35 heavy (non-hydrogen) atoms. The van der Waals surface area contributed by atoms with Gasteiger partial charge in [0.15, 0.2) is 0 Å². The Bertz CT molecular complexity index is 869. The second kappa shape index (κ2) is 14.1. The predicted molar refractivity (Wildman–Crippen MR) is 137 cm³/mol. The van der Waals surface area contributed by atoms with Crippen LogP contribution in [0.25, 0.3) is 0 Å². The third-order valence-electron chi connectivity index (χ3n) is 6.47. The molecule has 9 nitrogen and oxygen atoms in total. The predicted octanol–water partition coefficient (Wildman–Crippen LogP) is 1.40. The summed E-state index contributed by atoms with van der Waals surface area (Å²) in [5, 5.41) is 14.8. The second-order valence-electron chi connectivity index (χ2n) is 9.04. The van der Waals surface area contributed by atoms with Crippen LogP contribution in [0, 0.1) is 5.92 Å². The van der Waals surface area contributed by atoms with Crippen LogP contribution < -0.4 is 16.4 Å². The van der Waals surface area contributed by atoms with E-state index in [2.05, 4.69) is 10.6 Å². The Labute approximate surface area is 211 Å². The number of likely N-dealkylation sites (tertiary alicyclic amines) is 1. The van der Waals surface area contributed by atoms with Crippen LogP contribution in [0.3, 0.4) is 0 Å². The van der Waals surface area contributed by atoms with Crippen molar-refractivity contribution in [3.05, 3.63) is 35.9 Å². The molecule has 5 N–H and O–H groups in total. The molecule has 10 heteroatoms. The highest BCUT2D eigenvalue weighted by molar-refractivity contribution is 7.98. The number of nitrogens with one attached hydrogen (secondary N) is 2. The minimum atomic E-state index is -1.11. The molecule has 1 saturated heterocycles. The highest BCUT2D eigenvalue weighted by atomic mass is 32.2. The summed E-state index contributed by atoms with van der Waals surface area (Å²) in [6.45, 7) is 4.15. The lowest BCUT2D eigenvalue weighted by atomic mass is 9.97. The molecule has 1 fully saturated rings. The van der Waals surface area contributed by atoms with Gasteiger partial charge in [0.05, 0.1) is 6.04 Å². The third-order valence-corrected chi connectivity index (χ3v) is 7.12. The van der Waals surface area contributed by atoms with Crippen molar-refractivity contribution in [2.24, 2.45) is 11.7 Å². The van der Waals surface area contributed by atoms with E-state index >= 15 is 0 Å². The molecule has 0 radical (unpaired) electrons. The Morgan fingerprint density at radius 3 is 2.49 bits per heavy atom. The Hall–Kier alpha value is -2.59. The topological polar surface area (TPSA) is 142 Å². The molecule has 0 aromatic heterocycles. The van der Waals surface area contributed by atoms with E-state index in [4.69, 9.17) is 5.73 Å². The van der Waals surface area contributed by atoms with E-state index in [0.717, 1.165) is 5.56 Å². The summed E-state index contributed by atoms with van der Waals surface area (Å²) in [5.41, 5.74) is 7.13. The maximum atomic E-state index is 13.2. The molecule has 5 unspecified atom stereocenters. The van der Waals surface area contributed by atoms with Crippen LogP contribution in [-0.2, 0) is 25.6 Å². The number of carbonyl (C=O) groups is 4. The summed E-state index contributed by atoms with van der Waals surface area (Å²) < 4.78 is 0. The van der Waals surface area contributed by atoms with Crippen molar-refractivity contribution in [3.8, 4) is 0 Å². The van der Waals surface area contributed by atoms with Crippen LogP contribution in [0.4, 0.5) is 0 Å². The minimum Gasteiger partial charge on any atom is -0.480 e. The summed E-state index contributed by atoms with van der Waals surface area (Å²) in [6.07, 6.45) is 4.27. The Morgan fingerprint density at radius 1 is 1.20 bits per heavy atom. The molecule has 2 rings (SSSR count).